The SMILES string of the molecule is C[C@H](Sc1nnnn1-c1cccc(F)c1)C(=O)N(C)c1ccccc1. The first-order chi connectivity index (χ1) is 12.1. The van der Waals surface area contributed by atoms with E-state index in [1.165, 1.54) is 28.6 Å². The van der Waals surface area contributed by atoms with Gasteiger partial charge in [-0.3, -0.25) is 4.79 Å². The molecule has 1 aromatic heterocycles. The number of carbonyl (C=O) groups excluding carboxylic acids is 1. The molecule has 0 aliphatic rings. The van der Waals surface area contributed by atoms with Crippen LogP contribution in [0.2, 0.25) is 0 Å². The molecule has 0 aliphatic heterocycles. The molecule has 0 saturated heterocycles. The van der Waals surface area contributed by atoms with Crippen LogP contribution in [-0.4, -0.2) is 38.4 Å². The Kier molecular flexibility index (Phi) is 5.08. The van der Waals surface area contributed by atoms with E-state index >= 15 is 0 Å². The molecular formula is C17H16FN5OS. The summed E-state index contributed by atoms with van der Waals surface area (Å²) in [6, 6.07) is 15.4. The van der Waals surface area contributed by atoms with Crippen LogP contribution in [0.1, 0.15) is 6.92 Å². The number of hydrogen-bond donors (Lipinski definition) is 0. The second-order valence-corrected chi connectivity index (χ2v) is 6.65. The molecule has 0 N–H and O–H groups in total. The summed E-state index contributed by atoms with van der Waals surface area (Å²) in [5.41, 5.74) is 1.31. The van der Waals surface area contributed by atoms with Crippen molar-refractivity contribution in [1.29, 1.82) is 0 Å². The van der Waals surface area contributed by atoms with Crippen LogP contribution >= 0.6 is 11.8 Å². The van der Waals surface area contributed by atoms with Crippen molar-refractivity contribution in [1.82, 2.24) is 20.2 Å². The minimum absolute atomic E-state index is 0.0787. The molecule has 6 nitrogen and oxygen atoms in total. The average Bonchev–Trinajstić information content (AvgIpc) is 3.09. The van der Waals surface area contributed by atoms with Gasteiger partial charge in [-0.1, -0.05) is 36.0 Å². The van der Waals surface area contributed by atoms with E-state index in [4.69, 9.17) is 0 Å². The van der Waals surface area contributed by atoms with Crippen molar-refractivity contribution in [3.05, 3.63) is 60.4 Å². The number of amides is 1. The molecule has 3 rings (SSSR count). The summed E-state index contributed by atoms with van der Waals surface area (Å²) < 4.78 is 14.8. The van der Waals surface area contributed by atoms with E-state index in [0.717, 1.165) is 5.69 Å². The number of hydrogen-bond acceptors (Lipinski definition) is 5. The highest BCUT2D eigenvalue weighted by molar-refractivity contribution is 8.00. The van der Waals surface area contributed by atoms with Crippen molar-refractivity contribution >= 4 is 23.4 Å². The monoisotopic (exact) mass is 357 g/mol. The fourth-order valence-corrected chi connectivity index (χ4v) is 3.18. The van der Waals surface area contributed by atoms with Gasteiger partial charge in [-0.15, -0.1) is 5.10 Å². The van der Waals surface area contributed by atoms with Gasteiger partial charge in [0.1, 0.15) is 5.82 Å². The lowest BCUT2D eigenvalue weighted by atomic mass is 10.3. The first-order valence-corrected chi connectivity index (χ1v) is 8.48. The van der Waals surface area contributed by atoms with Gasteiger partial charge in [-0.05, 0) is 47.7 Å². The van der Waals surface area contributed by atoms with E-state index in [0.29, 0.717) is 10.8 Å². The summed E-state index contributed by atoms with van der Waals surface area (Å²) in [6.07, 6.45) is 0. The number of benzene rings is 2. The summed E-state index contributed by atoms with van der Waals surface area (Å²) in [5, 5.41) is 11.5. The van der Waals surface area contributed by atoms with E-state index in [-0.39, 0.29) is 11.7 Å². The van der Waals surface area contributed by atoms with Gasteiger partial charge in [-0.25, -0.2) is 4.39 Å². The number of thioether (sulfide) groups is 1. The Bertz CT molecular complexity index is 870. The molecule has 128 valence electrons. The quantitative estimate of drug-likeness (QED) is 0.657. The number of nitrogens with zero attached hydrogens (tertiary/aromatic N) is 5. The van der Waals surface area contributed by atoms with Crippen LogP contribution in [-0.2, 0) is 4.79 Å². The minimum Gasteiger partial charge on any atom is -0.315 e. The third kappa shape index (κ3) is 3.85. The first-order valence-electron chi connectivity index (χ1n) is 7.60. The molecule has 0 unspecified atom stereocenters. The van der Waals surface area contributed by atoms with E-state index < -0.39 is 5.25 Å². The maximum atomic E-state index is 13.4. The van der Waals surface area contributed by atoms with Crippen LogP contribution in [0.3, 0.4) is 0 Å². The van der Waals surface area contributed by atoms with Crippen LogP contribution in [0, 0.1) is 5.82 Å². The molecule has 0 spiro atoms. The van der Waals surface area contributed by atoms with Gasteiger partial charge < -0.3 is 4.90 Å². The van der Waals surface area contributed by atoms with Crippen molar-refractivity contribution < 1.29 is 9.18 Å². The van der Waals surface area contributed by atoms with Crippen LogP contribution in [0.15, 0.2) is 59.8 Å². The Morgan fingerprint density at radius 1 is 1.20 bits per heavy atom. The maximum Gasteiger partial charge on any atom is 0.240 e. The second kappa shape index (κ2) is 7.43. The third-order valence-electron chi connectivity index (χ3n) is 3.60. The average molecular weight is 357 g/mol. The number of anilines is 1. The number of carbonyl (C=O) groups is 1. The Morgan fingerprint density at radius 2 is 1.96 bits per heavy atom. The highest BCUT2D eigenvalue weighted by Crippen LogP contribution is 2.25. The van der Waals surface area contributed by atoms with Gasteiger partial charge in [-0.2, -0.15) is 4.68 Å². The number of tetrazole rings is 1. The summed E-state index contributed by atoms with van der Waals surface area (Å²) in [5.74, 6) is -0.457. The van der Waals surface area contributed by atoms with E-state index in [1.54, 1.807) is 31.0 Å². The van der Waals surface area contributed by atoms with Crippen LogP contribution in [0.25, 0.3) is 5.69 Å². The van der Waals surface area contributed by atoms with Gasteiger partial charge in [0.25, 0.3) is 0 Å². The van der Waals surface area contributed by atoms with Crippen molar-refractivity contribution in [3.8, 4) is 5.69 Å². The largest absolute Gasteiger partial charge is 0.315 e. The fourth-order valence-electron chi connectivity index (χ4n) is 2.28. The van der Waals surface area contributed by atoms with Crippen LogP contribution in [0.4, 0.5) is 10.1 Å². The molecule has 3 aromatic rings. The van der Waals surface area contributed by atoms with E-state index in [9.17, 15) is 9.18 Å². The Morgan fingerprint density at radius 3 is 2.68 bits per heavy atom. The van der Waals surface area contributed by atoms with Gasteiger partial charge in [0, 0.05) is 12.7 Å². The molecule has 0 bridgehead atoms. The van der Waals surface area contributed by atoms with Crippen molar-refractivity contribution in [2.45, 2.75) is 17.3 Å². The molecule has 1 heterocycles. The zero-order chi connectivity index (χ0) is 17.8. The fraction of sp³-hybridized carbons (Fsp3) is 0.176. The summed E-state index contributed by atoms with van der Waals surface area (Å²) >= 11 is 1.22. The van der Waals surface area contributed by atoms with Gasteiger partial charge in [0.05, 0.1) is 10.9 Å². The summed E-state index contributed by atoms with van der Waals surface area (Å²) in [4.78, 5) is 14.2. The summed E-state index contributed by atoms with van der Waals surface area (Å²) in [7, 11) is 1.73. The molecular weight excluding hydrogens is 341 g/mol. The zero-order valence-corrected chi connectivity index (χ0v) is 14.5. The number of para-hydroxylation sites is 1. The predicted octanol–water partition coefficient (Wildman–Crippen LogP) is 2.95. The van der Waals surface area contributed by atoms with Gasteiger partial charge in [0.15, 0.2) is 0 Å². The Balaban J connectivity index is 1.77. The first kappa shape index (κ1) is 17.1. The predicted molar refractivity (Wildman–Crippen MR) is 94.3 cm³/mol. The lowest BCUT2D eigenvalue weighted by Gasteiger charge is -2.20. The molecule has 1 atom stereocenters. The lowest BCUT2D eigenvalue weighted by Crippen LogP contribution is -2.33. The Hall–Kier alpha value is -2.74. The molecule has 0 fully saturated rings. The maximum absolute atomic E-state index is 13.4. The third-order valence-corrected chi connectivity index (χ3v) is 4.62. The molecule has 8 heteroatoms. The smallest absolute Gasteiger partial charge is 0.240 e. The van der Waals surface area contributed by atoms with E-state index in [1.807, 2.05) is 30.3 Å². The normalized spacial score (nSPS) is 12.0. The topological polar surface area (TPSA) is 63.9 Å². The van der Waals surface area contributed by atoms with Crippen LogP contribution in [0.5, 0.6) is 0 Å². The molecule has 1 amide bonds. The van der Waals surface area contributed by atoms with Crippen molar-refractivity contribution in [2.24, 2.45) is 0 Å². The molecule has 0 aliphatic carbocycles. The number of halogens is 1. The molecule has 25 heavy (non-hydrogen) atoms. The minimum atomic E-state index is -0.413. The Labute approximate surface area is 148 Å². The number of rotatable bonds is 5. The lowest BCUT2D eigenvalue weighted by molar-refractivity contribution is -0.117. The molecule has 0 radical (unpaired) electrons. The molecule has 2 aromatic carbocycles. The summed E-state index contributed by atoms with van der Waals surface area (Å²) in [6.45, 7) is 1.79. The van der Waals surface area contributed by atoms with E-state index in [2.05, 4.69) is 15.5 Å². The van der Waals surface area contributed by atoms with Crippen molar-refractivity contribution in [2.75, 3.05) is 11.9 Å². The second-order valence-electron chi connectivity index (χ2n) is 5.35. The molecule has 0 saturated carbocycles. The van der Waals surface area contributed by atoms with Crippen molar-refractivity contribution in [3.63, 3.8) is 0 Å². The highest BCUT2D eigenvalue weighted by Gasteiger charge is 2.23. The van der Waals surface area contributed by atoms with Gasteiger partial charge in [0.2, 0.25) is 11.1 Å². The number of aromatic nitrogens is 4. The highest BCUT2D eigenvalue weighted by atomic mass is 32.2. The zero-order valence-electron chi connectivity index (χ0n) is 13.7. The van der Waals surface area contributed by atoms with Crippen LogP contribution < -0.4 is 4.90 Å². The standard InChI is InChI=1S/C17H16FN5OS/c1-12(16(24)22(2)14-8-4-3-5-9-14)25-17-19-20-21-23(17)15-10-6-7-13(18)11-15/h3-12H,1-2H3/t12-/m0/s1. The van der Waals surface area contributed by atoms with Gasteiger partial charge >= 0.3 is 0 Å².